The van der Waals surface area contributed by atoms with Crippen LogP contribution in [-0.4, -0.2) is 28.5 Å². The number of aliphatic carboxylic acids is 1. The van der Waals surface area contributed by atoms with Crippen molar-refractivity contribution < 1.29 is 14.7 Å². The number of hydrogen-bond donors (Lipinski definition) is 1. The Bertz CT molecular complexity index is 449. The van der Waals surface area contributed by atoms with Crippen LogP contribution in [0.25, 0.3) is 0 Å². The number of anilines is 1. The molecule has 1 unspecified atom stereocenters. The molecular weight excluding hydrogens is 323 g/mol. The molecule has 1 aliphatic heterocycles. The van der Waals surface area contributed by atoms with Crippen molar-refractivity contribution in [2.75, 3.05) is 11.4 Å². The van der Waals surface area contributed by atoms with Crippen molar-refractivity contribution >= 4 is 40.2 Å². The van der Waals surface area contributed by atoms with Crippen LogP contribution in [0.4, 0.5) is 5.69 Å². The topological polar surface area (TPSA) is 70.5 Å². The van der Waals surface area contributed by atoms with E-state index in [1.165, 1.54) is 4.90 Å². The van der Waals surface area contributed by atoms with Gasteiger partial charge in [-0.1, -0.05) is 0 Å². The van der Waals surface area contributed by atoms with Crippen molar-refractivity contribution in [3.63, 3.8) is 0 Å². The number of carboxylic acids is 1. The summed E-state index contributed by atoms with van der Waals surface area (Å²) in [5, 5.41) is 8.87. The van der Waals surface area contributed by atoms with Gasteiger partial charge in [0.15, 0.2) is 0 Å². The van der Waals surface area contributed by atoms with Crippen LogP contribution in [0.2, 0.25) is 0 Å². The number of rotatable bonds is 2. The maximum absolute atomic E-state index is 11.7. The molecule has 1 fully saturated rings. The van der Waals surface area contributed by atoms with Crippen LogP contribution in [0.3, 0.4) is 0 Å². The van der Waals surface area contributed by atoms with Gasteiger partial charge in [0.05, 0.1) is 15.2 Å². The summed E-state index contributed by atoms with van der Waals surface area (Å²) in [5.74, 6) is -1.66. The lowest BCUT2D eigenvalue weighted by Gasteiger charge is -2.17. The van der Waals surface area contributed by atoms with Crippen molar-refractivity contribution in [2.24, 2.45) is 5.92 Å². The number of nitrogens with zero attached hydrogens (tertiary/aromatic N) is 2. The minimum atomic E-state index is -0.917. The van der Waals surface area contributed by atoms with Gasteiger partial charge in [-0.05, 0) is 28.7 Å². The van der Waals surface area contributed by atoms with E-state index in [4.69, 9.17) is 5.11 Å². The molecule has 1 saturated heterocycles. The van der Waals surface area contributed by atoms with Crippen LogP contribution in [0.15, 0.2) is 18.5 Å². The zero-order valence-electron chi connectivity index (χ0n) is 8.26. The lowest BCUT2D eigenvalue weighted by atomic mass is 10.1. The van der Waals surface area contributed by atoms with Crippen molar-refractivity contribution in [3.05, 3.63) is 22.0 Å². The van der Waals surface area contributed by atoms with Gasteiger partial charge in [0, 0.05) is 25.4 Å². The number of pyridine rings is 1. The molecule has 2 heterocycles. The predicted octanol–water partition coefficient (Wildman–Crippen LogP) is 1.12. The number of hydrogen-bond acceptors (Lipinski definition) is 3. The first-order valence-corrected chi connectivity index (χ1v) is 5.80. The number of aromatic nitrogens is 1. The van der Waals surface area contributed by atoms with Crippen molar-refractivity contribution in [1.82, 2.24) is 4.98 Å². The van der Waals surface area contributed by atoms with Gasteiger partial charge in [-0.2, -0.15) is 0 Å². The Hall–Kier alpha value is -1.18. The minimum absolute atomic E-state index is 0.0771. The Balaban J connectivity index is 2.27. The fourth-order valence-corrected chi connectivity index (χ4v) is 2.32. The van der Waals surface area contributed by atoms with Gasteiger partial charge < -0.3 is 10.0 Å². The zero-order chi connectivity index (χ0) is 11.7. The van der Waals surface area contributed by atoms with Gasteiger partial charge in [0.25, 0.3) is 0 Å². The van der Waals surface area contributed by atoms with Crippen LogP contribution in [-0.2, 0) is 9.59 Å². The summed E-state index contributed by atoms with van der Waals surface area (Å²) in [7, 11) is 0. The van der Waals surface area contributed by atoms with Crippen LogP contribution < -0.4 is 4.90 Å². The highest BCUT2D eigenvalue weighted by molar-refractivity contribution is 14.1. The van der Waals surface area contributed by atoms with Gasteiger partial charge in [-0.3, -0.25) is 14.6 Å². The van der Waals surface area contributed by atoms with E-state index in [2.05, 4.69) is 27.6 Å². The second-order valence-electron chi connectivity index (χ2n) is 3.57. The molecule has 2 rings (SSSR count). The Labute approximate surface area is 106 Å². The van der Waals surface area contributed by atoms with E-state index < -0.39 is 11.9 Å². The summed E-state index contributed by atoms with van der Waals surface area (Å²) in [4.78, 5) is 27.9. The molecule has 1 aromatic heterocycles. The third-order valence-corrected chi connectivity index (χ3v) is 3.35. The summed E-state index contributed by atoms with van der Waals surface area (Å²) in [6.07, 6.45) is 3.32. The fourth-order valence-electron chi connectivity index (χ4n) is 1.69. The molecule has 1 aromatic rings. The Morgan fingerprint density at radius 1 is 1.62 bits per heavy atom. The average Bonchev–Trinajstić information content (AvgIpc) is 2.61. The number of carbonyl (C=O) groups is 2. The third-order valence-electron chi connectivity index (χ3n) is 2.52. The smallest absolute Gasteiger partial charge is 0.308 e. The highest BCUT2D eigenvalue weighted by atomic mass is 127. The highest BCUT2D eigenvalue weighted by Crippen LogP contribution is 2.28. The lowest BCUT2D eigenvalue weighted by Crippen LogP contribution is -2.26. The quantitative estimate of drug-likeness (QED) is 0.824. The SMILES string of the molecule is O=C(O)C1CC(=O)N(c2ccncc2I)C1. The van der Waals surface area contributed by atoms with E-state index in [0.717, 1.165) is 9.26 Å². The van der Waals surface area contributed by atoms with E-state index in [0.29, 0.717) is 0 Å². The molecule has 0 radical (unpaired) electrons. The van der Waals surface area contributed by atoms with Crippen LogP contribution in [0, 0.1) is 9.49 Å². The fraction of sp³-hybridized carbons (Fsp3) is 0.300. The number of carboxylic acid groups (broad SMARTS) is 1. The molecule has 0 bridgehead atoms. The van der Waals surface area contributed by atoms with E-state index in [-0.39, 0.29) is 18.9 Å². The first-order valence-electron chi connectivity index (χ1n) is 4.72. The molecule has 84 valence electrons. The Morgan fingerprint density at radius 2 is 2.38 bits per heavy atom. The predicted molar refractivity (Wildman–Crippen MR) is 65.0 cm³/mol. The standard InChI is InChI=1S/C10H9IN2O3/c11-7-4-12-2-1-8(7)13-5-6(10(15)16)3-9(13)14/h1-2,4,6H,3,5H2,(H,15,16). The summed E-state index contributed by atoms with van der Waals surface area (Å²) in [6.45, 7) is 0.244. The summed E-state index contributed by atoms with van der Waals surface area (Å²) < 4.78 is 0.847. The molecular formula is C10H9IN2O3. The van der Waals surface area contributed by atoms with Gasteiger partial charge in [0.2, 0.25) is 5.91 Å². The Morgan fingerprint density at radius 3 is 2.94 bits per heavy atom. The largest absolute Gasteiger partial charge is 0.481 e. The summed E-state index contributed by atoms with van der Waals surface area (Å²) in [6, 6.07) is 1.73. The Kier molecular flexibility index (Phi) is 3.08. The highest BCUT2D eigenvalue weighted by Gasteiger charge is 2.35. The second kappa shape index (κ2) is 4.36. The number of carbonyl (C=O) groups excluding carboxylic acids is 1. The molecule has 5 nitrogen and oxygen atoms in total. The average molecular weight is 332 g/mol. The normalized spacial score (nSPS) is 20.2. The van der Waals surface area contributed by atoms with E-state index in [1.54, 1.807) is 18.5 Å². The van der Waals surface area contributed by atoms with E-state index in [1.807, 2.05) is 0 Å². The van der Waals surface area contributed by atoms with Crippen LogP contribution in [0.5, 0.6) is 0 Å². The van der Waals surface area contributed by atoms with Crippen molar-refractivity contribution in [3.8, 4) is 0 Å². The monoisotopic (exact) mass is 332 g/mol. The second-order valence-corrected chi connectivity index (χ2v) is 4.73. The first-order chi connectivity index (χ1) is 7.59. The van der Waals surface area contributed by atoms with E-state index in [9.17, 15) is 9.59 Å². The molecule has 1 aliphatic rings. The molecule has 0 aromatic carbocycles. The molecule has 6 heteroatoms. The first kappa shape index (κ1) is 11.3. The number of halogens is 1. The minimum Gasteiger partial charge on any atom is -0.481 e. The van der Waals surface area contributed by atoms with Gasteiger partial charge in [-0.15, -0.1) is 0 Å². The van der Waals surface area contributed by atoms with E-state index >= 15 is 0 Å². The summed E-state index contributed by atoms with van der Waals surface area (Å²) >= 11 is 2.08. The molecule has 1 atom stereocenters. The summed E-state index contributed by atoms with van der Waals surface area (Å²) in [5.41, 5.74) is 0.740. The number of amides is 1. The third kappa shape index (κ3) is 2.01. The zero-order valence-corrected chi connectivity index (χ0v) is 10.4. The van der Waals surface area contributed by atoms with Crippen molar-refractivity contribution in [1.29, 1.82) is 0 Å². The molecule has 16 heavy (non-hydrogen) atoms. The lowest BCUT2D eigenvalue weighted by molar-refractivity contribution is -0.141. The molecule has 1 N–H and O–H groups in total. The van der Waals surface area contributed by atoms with Gasteiger partial charge in [-0.25, -0.2) is 0 Å². The van der Waals surface area contributed by atoms with Gasteiger partial charge >= 0.3 is 5.97 Å². The molecule has 0 saturated carbocycles. The van der Waals surface area contributed by atoms with Crippen LogP contribution in [0.1, 0.15) is 6.42 Å². The maximum Gasteiger partial charge on any atom is 0.308 e. The van der Waals surface area contributed by atoms with Gasteiger partial charge in [0.1, 0.15) is 0 Å². The maximum atomic E-state index is 11.7. The molecule has 1 amide bonds. The van der Waals surface area contributed by atoms with Crippen molar-refractivity contribution in [2.45, 2.75) is 6.42 Å². The van der Waals surface area contributed by atoms with Crippen LogP contribution >= 0.6 is 22.6 Å². The molecule has 0 spiro atoms. The molecule has 0 aliphatic carbocycles.